The summed E-state index contributed by atoms with van der Waals surface area (Å²) in [4.78, 5) is 0. The Hall–Kier alpha value is -0.740. The third-order valence-electron chi connectivity index (χ3n) is 2.02. The molecule has 0 spiro atoms. The zero-order chi connectivity index (χ0) is 10.9. The standard InChI is InChI=1S/C9H12ClNO2S/c1-7-4-5-8(6-9(7)10)11(2)14(3,12)13/h4-6H,1-3H3. The Balaban J connectivity index is 3.16. The molecule has 0 fully saturated rings. The van der Waals surface area contributed by atoms with E-state index in [0.717, 1.165) is 11.8 Å². The highest BCUT2D eigenvalue weighted by Crippen LogP contribution is 2.23. The van der Waals surface area contributed by atoms with Crippen molar-refractivity contribution in [2.75, 3.05) is 17.6 Å². The van der Waals surface area contributed by atoms with Crippen molar-refractivity contribution in [3.63, 3.8) is 0 Å². The van der Waals surface area contributed by atoms with Crippen molar-refractivity contribution in [2.24, 2.45) is 0 Å². The summed E-state index contributed by atoms with van der Waals surface area (Å²) in [7, 11) is -1.71. The van der Waals surface area contributed by atoms with Gasteiger partial charge in [-0.15, -0.1) is 0 Å². The summed E-state index contributed by atoms with van der Waals surface area (Å²) in [5.74, 6) is 0. The lowest BCUT2D eigenvalue weighted by Crippen LogP contribution is -2.24. The summed E-state index contributed by atoms with van der Waals surface area (Å²) in [6.45, 7) is 1.87. The average Bonchev–Trinajstić information content (AvgIpc) is 2.07. The topological polar surface area (TPSA) is 37.4 Å². The summed E-state index contributed by atoms with van der Waals surface area (Å²) in [6, 6.07) is 5.15. The van der Waals surface area contributed by atoms with Gasteiger partial charge in [0.15, 0.2) is 0 Å². The highest BCUT2D eigenvalue weighted by molar-refractivity contribution is 7.92. The summed E-state index contributed by atoms with van der Waals surface area (Å²) in [5.41, 5.74) is 1.50. The number of hydrogen-bond donors (Lipinski definition) is 0. The van der Waals surface area contributed by atoms with Gasteiger partial charge in [-0.1, -0.05) is 17.7 Å². The van der Waals surface area contributed by atoms with E-state index in [1.807, 2.05) is 6.92 Å². The molecule has 0 aliphatic carbocycles. The van der Waals surface area contributed by atoms with Gasteiger partial charge >= 0.3 is 0 Å². The van der Waals surface area contributed by atoms with Crippen LogP contribution in [-0.2, 0) is 10.0 Å². The van der Waals surface area contributed by atoms with E-state index in [1.165, 1.54) is 11.4 Å². The van der Waals surface area contributed by atoms with Crippen molar-refractivity contribution < 1.29 is 8.42 Å². The van der Waals surface area contributed by atoms with Crippen molar-refractivity contribution in [1.82, 2.24) is 0 Å². The first-order valence-corrected chi connectivity index (χ1v) is 6.25. The SMILES string of the molecule is Cc1ccc(N(C)S(C)(=O)=O)cc1Cl. The maximum atomic E-state index is 11.2. The monoisotopic (exact) mass is 233 g/mol. The zero-order valence-electron chi connectivity index (χ0n) is 8.28. The second-order valence-electron chi connectivity index (χ2n) is 3.16. The fourth-order valence-electron chi connectivity index (χ4n) is 0.969. The maximum Gasteiger partial charge on any atom is 0.231 e. The molecule has 3 nitrogen and oxygen atoms in total. The molecule has 0 aliphatic heterocycles. The van der Waals surface area contributed by atoms with Gasteiger partial charge in [-0.3, -0.25) is 4.31 Å². The molecule has 0 unspecified atom stereocenters. The van der Waals surface area contributed by atoms with Crippen molar-refractivity contribution in [3.8, 4) is 0 Å². The van der Waals surface area contributed by atoms with Gasteiger partial charge in [0.05, 0.1) is 11.9 Å². The van der Waals surface area contributed by atoms with Gasteiger partial charge in [-0.2, -0.15) is 0 Å². The van der Waals surface area contributed by atoms with E-state index in [0.29, 0.717) is 10.7 Å². The third kappa shape index (κ3) is 2.39. The van der Waals surface area contributed by atoms with Gasteiger partial charge in [0, 0.05) is 12.1 Å². The molecule has 1 aromatic carbocycles. The number of rotatable bonds is 2. The molecule has 0 saturated carbocycles. The minimum atomic E-state index is -3.21. The molecular weight excluding hydrogens is 222 g/mol. The lowest BCUT2D eigenvalue weighted by Gasteiger charge is -2.17. The van der Waals surface area contributed by atoms with Crippen molar-refractivity contribution in [3.05, 3.63) is 28.8 Å². The second kappa shape index (κ2) is 3.79. The molecule has 0 N–H and O–H groups in total. The number of nitrogens with zero attached hydrogens (tertiary/aromatic N) is 1. The fourth-order valence-corrected chi connectivity index (χ4v) is 1.64. The van der Waals surface area contributed by atoms with E-state index < -0.39 is 10.0 Å². The van der Waals surface area contributed by atoms with Crippen LogP contribution in [0.1, 0.15) is 5.56 Å². The number of aryl methyl sites for hydroxylation is 1. The van der Waals surface area contributed by atoms with E-state index in [1.54, 1.807) is 18.2 Å². The maximum absolute atomic E-state index is 11.2. The van der Waals surface area contributed by atoms with Gasteiger partial charge in [0.1, 0.15) is 0 Å². The van der Waals surface area contributed by atoms with Crippen LogP contribution in [0.4, 0.5) is 5.69 Å². The van der Waals surface area contributed by atoms with Gasteiger partial charge in [-0.05, 0) is 24.6 Å². The van der Waals surface area contributed by atoms with Gasteiger partial charge in [-0.25, -0.2) is 8.42 Å². The molecule has 0 atom stereocenters. The average molecular weight is 234 g/mol. The van der Waals surface area contributed by atoms with Crippen LogP contribution in [0.15, 0.2) is 18.2 Å². The smallest absolute Gasteiger partial charge is 0.231 e. The molecule has 0 saturated heterocycles. The fraction of sp³-hybridized carbons (Fsp3) is 0.333. The minimum Gasteiger partial charge on any atom is -0.273 e. The van der Waals surface area contributed by atoms with Crippen LogP contribution >= 0.6 is 11.6 Å². The molecule has 0 amide bonds. The molecule has 0 aliphatic rings. The van der Waals surface area contributed by atoms with Crippen molar-refractivity contribution in [1.29, 1.82) is 0 Å². The number of benzene rings is 1. The summed E-state index contributed by atoms with van der Waals surface area (Å²) in [6.07, 6.45) is 1.15. The number of anilines is 1. The lowest BCUT2D eigenvalue weighted by molar-refractivity contribution is 0.600. The van der Waals surface area contributed by atoms with Crippen LogP contribution in [0.2, 0.25) is 5.02 Å². The first kappa shape index (κ1) is 11.3. The zero-order valence-corrected chi connectivity index (χ0v) is 9.85. The normalized spacial score (nSPS) is 11.4. The first-order valence-electron chi connectivity index (χ1n) is 4.02. The highest BCUT2D eigenvalue weighted by Gasteiger charge is 2.12. The van der Waals surface area contributed by atoms with Crippen LogP contribution in [-0.4, -0.2) is 21.7 Å². The van der Waals surface area contributed by atoms with Crippen molar-refractivity contribution >= 4 is 27.3 Å². The summed E-state index contributed by atoms with van der Waals surface area (Å²) < 4.78 is 23.6. The van der Waals surface area contributed by atoms with Gasteiger partial charge < -0.3 is 0 Å². The third-order valence-corrected chi connectivity index (χ3v) is 3.63. The van der Waals surface area contributed by atoms with E-state index in [4.69, 9.17) is 11.6 Å². The summed E-state index contributed by atoms with van der Waals surface area (Å²) in [5, 5.41) is 0.568. The van der Waals surface area contributed by atoms with Crippen LogP contribution in [0.3, 0.4) is 0 Å². The molecule has 0 radical (unpaired) electrons. The second-order valence-corrected chi connectivity index (χ2v) is 5.58. The Bertz CT molecular complexity index is 442. The Morgan fingerprint density at radius 2 is 1.93 bits per heavy atom. The Kier molecular flexibility index (Phi) is 3.07. The lowest BCUT2D eigenvalue weighted by atomic mass is 10.2. The molecule has 1 rings (SSSR count). The molecule has 78 valence electrons. The minimum absolute atomic E-state index is 0.568. The molecular formula is C9H12ClNO2S. The van der Waals surface area contributed by atoms with Crippen LogP contribution in [0.5, 0.6) is 0 Å². The molecule has 0 heterocycles. The number of hydrogen-bond acceptors (Lipinski definition) is 2. The quantitative estimate of drug-likeness (QED) is 0.784. The predicted octanol–water partition coefficient (Wildman–Crippen LogP) is 2.04. The molecule has 5 heteroatoms. The number of sulfonamides is 1. The van der Waals surface area contributed by atoms with E-state index in [2.05, 4.69) is 0 Å². The predicted molar refractivity (Wildman–Crippen MR) is 59.4 cm³/mol. The van der Waals surface area contributed by atoms with Gasteiger partial charge in [0.25, 0.3) is 0 Å². The van der Waals surface area contributed by atoms with Crippen molar-refractivity contribution in [2.45, 2.75) is 6.92 Å². The van der Waals surface area contributed by atoms with Crippen LogP contribution in [0.25, 0.3) is 0 Å². The number of halogens is 1. The molecule has 0 aromatic heterocycles. The van der Waals surface area contributed by atoms with Crippen LogP contribution in [0, 0.1) is 6.92 Å². The highest BCUT2D eigenvalue weighted by atomic mass is 35.5. The Morgan fingerprint density at radius 1 is 1.36 bits per heavy atom. The van der Waals surface area contributed by atoms with E-state index in [9.17, 15) is 8.42 Å². The molecule has 1 aromatic rings. The Morgan fingerprint density at radius 3 is 2.36 bits per heavy atom. The Labute approximate surface area is 89.4 Å². The van der Waals surface area contributed by atoms with Crippen LogP contribution < -0.4 is 4.31 Å². The molecule has 14 heavy (non-hydrogen) atoms. The first-order chi connectivity index (χ1) is 6.32. The molecule has 0 bridgehead atoms. The summed E-state index contributed by atoms with van der Waals surface area (Å²) >= 11 is 5.89. The van der Waals surface area contributed by atoms with E-state index >= 15 is 0 Å². The largest absolute Gasteiger partial charge is 0.273 e. The van der Waals surface area contributed by atoms with Gasteiger partial charge in [0.2, 0.25) is 10.0 Å². The van der Waals surface area contributed by atoms with E-state index in [-0.39, 0.29) is 0 Å².